The third kappa shape index (κ3) is 2.82. The maximum Gasteiger partial charge on any atom is 0.317 e. The minimum Gasteiger partial charge on any atom is -0.405 e. The van der Waals surface area contributed by atoms with Gasteiger partial charge in [0.05, 0.1) is 5.41 Å². The van der Waals surface area contributed by atoms with Gasteiger partial charge in [0.2, 0.25) is 5.88 Å². The summed E-state index contributed by atoms with van der Waals surface area (Å²) >= 11 is 0. The lowest BCUT2D eigenvalue weighted by Gasteiger charge is -2.14. The summed E-state index contributed by atoms with van der Waals surface area (Å²) in [5, 5.41) is 6.44. The largest absolute Gasteiger partial charge is 0.405 e. The van der Waals surface area contributed by atoms with Crippen LogP contribution >= 0.6 is 0 Å². The van der Waals surface area contributed by atoms with Crippen LogP contribution < -0.4 is 10.5 Å². The van der Waals surface area contributed by atoms with Crippen LogP contribution in [0.2, 0.25) is 0 Å². The summed E-state index contributed by atoms with van der Waals surface area (Å²) in [6.45, 7) is 5.31. The first-order valence-corrected chi connectivity index (χ1v) is 4.85. The topological polar surface area (TPSA) is 93.4 Å². The first-order valence-electron chi connectivity index (χ1n) is 4.85. The number of rotatable bonds is 2. The van der Waals surface area contributed by atoms with E-state index in [1.54, 1.807) is 27.8 Å². The Labute approximate surface area is 93.9 Å². The lowest BCUT2D eigenvalue weighted by Crippen LogP contribution is -2.25. The molecule has 0 aliphatic heterocycles. The summed E-state index contributed by atoms with van der Waals surface area (Å²) < 4.78 is 5.06. The molecule has 0 fully saturated rings. The summed E-state index contributed by atoms with van der Waals surface area (Å²) in [6.07, 6.45) is 0. The summed E-state index contributed by atoms with van der Waals surface area (Å²) in [4.78, 5) is 15.3. The van der Waals surface area contributed by atoms with Crippen molar-refractivity contribution in [2.24, 2.45) is 16.1 Å². The van der Waals surface area contributed by atoms with Gasteiger partial charge in [-0.2, -0.15) is 0 Å². The molecule has 1 aromatic heterocycles. The van der Waals surface area contributed by atoms with Crippen molar-refractivity contribution in [2.75, 3.05) is 7.05 Å². The highest BCUT2D eigenvalue weighted by Crippen LogP contribution is 2.18. The van der Waals surface area contributed by atoms with Crippen LogP contribution in [0.1, 0.15) is 26.5 Å². The molecular weight excluding hydrogens is 208 g/mol. The summed E-state index contributed by atoms with van der Waals surface area (Å²) in [5.74, 6) is 0.157. The number of aromatic amines is 1. The summed E-state index contributed by atoms with van der Waals surface area (Å²) in [6, 6.07) is 1.53. The maximum absolute atomic E-state index is 11.5. The van der Waals surface area contributed by atoms with Gasteiger partial charge >= 0.3 is 5.97 Å². The Morgan fingerprint density at radius 3 is 2.69 bits per heavy atom. The Morgan fingerprint density at radius 1 is 1.56 bits per heavy atom. The molecule has 16 heavy (non-hydrogen) atoms. The molecule has 6 heteroatoms. The maximum atomic E-state index is 11.5. The Hall–Kier alpha value is -1.85. The Kier molecular flexibility index (Phi) is 3.31. The van der Waals surface area contributed by atoms with Crippen LogP contribution in [0.15, 0.2) is 11.1 Å². The number of nitrogens with zero attached hydrogens (tertiary/aromatic N) is 2. The van der Waals surface area contributed by atoms with Crippen molar-refractivity contribution >= 4 is 11.8 Å². The van der Waals surface area contributed by atoms with Gasteiger partial charge in [-0.1, -0.05) is 0 Å². The van der Waals surface area contributed by atoms with Crippen LogP contribution in [0.5, 0.6) is 5.88 Å². The number of aliphatic imine (C=N–C) groups is 1. The van der Waals surface area contributed by atoms with E-state index in [1.165, 1.54) is 6.07 Å². The number of amidine groups is 1. The van der Waals surface area contributed by atoms with Gasteiger partial charge in [0.25, 0.3) is 0 Å². The van der Waals surface area contributed by atoms with E-state index in [4.69, 9.17) is 10.5 Å². The Morgan fingerprint density at radius 2 is 2.19 bits per heavy atom. The zero-order valence-electron chi connectivity index (χ0n) is 9.87. The third-order valence-corrected chi connectivity index (χ3v) is 1.88. The third-order valence-electron chi connectivity index (χ3n) is 1.88. The number of hydrogen-bond donors (Lipinski definition) is 2. The molecular formula is C10H16N4O2. The fraction of sp³-hybridized carbons (Fsp3) is 0.500. The van der Waals surface area contributed by atoms with Crippen molar-refractivity contribution in [1.82, 2.24) is 10.2 Å². The molecule has 88 valence electrons. The molecule has 0 amide bonds. The van der Waals surface area contributed by atoms with E-state index in [9.17, 15) is 4.79 Å². The number of esters is 1. The average Bonchev–Trinajstić information content (AvgIpc) is 2.63. The predicted molar refractivity (Wildman–Crippen MR) is 60.3 cm³/mol. The van der Waals surface area contributed by atoms with Crippen LogP contribution in [0.25, 0.3) is 0 Å². The van der Waals surface area contributed by atoms with E-state index in [1.807, 2.05) is 0 Å². The lowest BCUT2D eigenvalue weighted by molar-refractivity contribution is -0.143. The average molecular weight is 224 g/mol. The van der Waals surface area contributed by atoms with E-state index < -0.39 is 5.41 Å². The minimum atomic E-state index is -0.566. The quantitative estimate of drug-likeness (QED) is 0.439. The Balaban J connectivity index is 2.77. The fourth-order valence-electron chi connectivity index (χ4n) is 0.855. The van der Waals surface area contributed by atoms with Gasteiger partial charge in [-0.3, -0.25) is 14.9 Å². The molecule has 1 heterocycles. The molecule has 0 spiro atoms. The second kappa shape index (κ2) is 4.34. The fourth-order valence-corrected chi connectivity index (χ4v) is 0.855. The predicted octanol–water partition coefficient (Wildman–Crippen LogP) is 0.696. The van der Waals surface area contributed by atoms with Crippen molar-refractivity contribution in [3.05, 3.63) is 11.8 Å². The number of ether oxygens (including phenoxy) is 1. The second-order valence-electron chi connectivity index (χ2n) is 4.37. The number of nitrogens with one attached hydrogen (secondary N) is 1. The highest BCUT2D eigenvalue weighted by molar-refractivity contribution is 5.95. The molecule has 0 aromatic carbocycles. The summed E-state index contributed by atoms with van der Waals surface area (Å²) in [5.41, 5.74) is 5.52. The van der Waals surface area contributed by atoms with Crippen LogP contribution in [0.3, 0.4) is 0 Å². The molecule has 3 N–H and O–H groups in total. The molecule has 0 aliphatic carbocycles. The highest BCUT2D eigenvalue weighted by atomic mass is 16.5. The van der Waals surface area contributed by atoms with Gasteiger partial charge in [-0.25, -0.2) is 0 Å². The monoisotopic (exact) mass is 224 g/mol. The van der Waals surface area contributed by atoms with Crippen molar-refractivity contribution in [3.63, 3.8) is 0 Å². The molecule has 0 bridgehead atoms. The second-order valence-corrected chi connectivity index (χ2v) is 4.37. The van der Waals surface area contributed by atoms with Crippen LogP contribution in [0, 0.1) is 5.41 Å². The van der Waals surface area contributed by atoms with Gasteiger partial charge in [0.1, 0.15) is 11.5 Å². The standard InChI is InChI=1S/C10H16N4O2/c1-10(2,3)9(15)16-7-5-6(13-14-7)8(11)12-4/h5H,1-4H3,(H2,11,12)(H,13,14). The van der Waals surface area contributed by atoms with Gasteiger partial charge in [-0.05, 0) is 20.8 Å². The molecule has 0 unspecified atom stereocenters. The molecule has 0 saturated heterocycles. The smallest absolute Gasteiger partial charge is 0.317 e. The van der Waals surface area contributed by atoms with Gasteiger partial charge in [0, 0.05) is 13.1 Å². The zero-order chi connectivity index (χ0) is 12.3. The lowest BCUT2D eigenvalue weighted by atomic mass is 9.97. The highest BCUT2D eigenvalue weighted by Gasteiger charge is 2.24. The number of carbonyl (C=O) groups is 1. The van der Waals surface area contributed by atoms with E-state index in [-0.39, 0.29) is 11.8 Å². The van der Waals surface area contributed by atoms with E-state index in [2.05, 4.69) is 15.2 Å². The van der Waals surface area contributed by atoms with Crippen molar-refractivity contribution < 1.29 is 9.53 Å². The van der Waals surface area contributed by atoms with E-state index in [0.29, 0.717) is 11.5 Å². The number of carbonyl (C=O) groups excluding carboxylic acids is 1. The minimum absolute atomic E-state index is 0.196. The first-order chi connectivity index (χ1) is 7.34. The van der Waals surface area contributed by atoms with Crippen LogP contribution in [0.4, 0.5) is 0 Å². The van der Waals surface area contributed by atoms with Crippen LogP contribution in [-0.2, 0) is 4.79 Å². The van der Waals surface area contributed by atoms with Gasteiger partial charge < -0.3 is 10.5 Å². The summed E-state index contributed by atoms with van der Waals surface area (Å²) in [7, 11) is 1.57. The van der Waals surface area contributed by atoms with E-state index in [0.717, 1.165) is 0 Å². The SMILES string of the molecule is CN=C(N)c1cc(OC(=O)C(C)(C)C)n[nH]1. The first kappa shape index (κ1) is 12.2. The zero-order valence-corrected chi connectivity index (χ0v) is 9.87. The molecule has 0 aliphatic rings. The number of H-pyrrole nitrogens is 1. The number of aromatic nitrogens is 2. The molecule has 0 atom stereocenters. The van der Waals surface area contributed by atoms with Gasteiger partial charge in [-0.15, -0.1) is 5.10 Å². The van der Waals surface area contributed by atoms with E-state index >= 15 is 0 Å². The number of hydrogen-bond acceptors (Lipinski definition) is 4. The van der Waals surface area contributed by atoms with Crippen LogP contribution in [-0.4, -0.2) is 29.0 Å². The molecule has 1 rings (SSSR count). The Bertz CT molecular complexity index is 415. The van der Waals surface area contributed by atoms with Crippen molar-refractivity contribution in [3.8, 4) is 5.88 Å². The van der Waals surface area contributed by atoms with Crippen molar-refractivity contribution in [1.29, 1.82) is 0 Å². The molecule has 0 saturated carbocycles. The normalized spacial score (nSPS) is 12.6. The molecule has 1 aromatic rings. The molecule has 0 radical (unpaired) electrons. The van der Waals surface area contributed by atoms with Gasteiger partial charge in [0.15, 0.2) is 0 Å². The number of nitrogens with two attached hydrogens (primary N) is 1. The molecule has 6 nitrogen and oxygen atoms in total. The van der Waals surface area contributed by atoms with Crippen molar-refractivity contribution in [2.45, 2.75) is 20.8 Å².